The quantitative estimate of drug-likeness (QED) is 0.427. The number of hydrogen-bond donors (Lipinski definition) is 2. The number of piperidine rings is 1. The van der Waals surface area contributed by atoms with Gasteiger partial charge >= 0.3 is 0 Å². The number of fused-ring (bicyclic) bond motifs is 2. The van der Waals surface area contributed by atoms with E-state index >= 15 is 0 Å². The highest BCUT2D eigenvalue weighted by Crippen LogP contribution is 2.13. The molecule has 3 aliphatic heterocycles. The first-order valence-electron chi connectivity index (χ1n) is 6.00. The Labute approximate surface area is 54.5 Å². The van der Waals surface area contributed by atoms with Crippen molar-refractivity contribution >= 4 is 0 Å². The molecule has 2 heteroatoms. The molecule has 0 aromatic carbocycles. The fourth-order valence-corrected chi connectivity index (χ4v) is 0.531. The van der Waals surface area contributed by atoms with Crippen LogP contribution in [-0.2, 0) is 0 Å². The maximum atomic E-state index is 7.59. The van der Waals surface area contributed by atoms with Crippen molar-refractivity contribution in [1.82, 2.24) is 10.6 Å². The third kappa shape index (κ3) is 0.469. The summed E-state index contributed by atoms with van der Waals surface area (Å²) < 4.78 is 59.8. The molecule has 7 heavy (non-hydrogen) atoms. The first-order chi connectivity index (χ1) is 6.41. The average molecular weight is 106 g/mol. The molecule has 3 heterocycles. The van der Waals surface area contributed by atoms with Crippen LogP contribution in [0.3, 0.4) is 0 Å². The van der Waals surface area contributed by atoms with E-state index in [0.717, 1.165) is 0 Å². The van der Waals surface area contributed by atoms with Crippen LogP contribution in [0.2, 0.25) is 0 Å². The topological polar surface area (TPSA) is 24.1 Å². The van der Waals surface area contributed by atoms with Gasteiger partial charge in [0.05, 0.1) is 0 Å². The summed E-state index contributed by atoms with van der Waals surface area (Å²) >= 11 is 0. The van der Waals surface area contributed by atoms with Crippen LogP contribution in [0.4, 0.5) is 0 Å². The fourth-order valence-electron chi connectivity index (χ4n) is 0.531. The van der Waals surface area contributed by atoms with Gasteiger partial charge in [0.25, 0.3) is 0 Å². The Morgan fingerprint density at radius 1 is 1.57 bits per heavy atom. The molecule has 2 nitrogen and oxygen atoms in total. The van der Waals surface area contributed by atoms with Gasteiger partial charge < -0.3 is 10.6 Å². The van der Waals surface area contributed by atoms with Crippen LogP contribution in [0.1, 0.15) is 17.3 Å². The Morgan fingerprint density at radius 3 is 2.86 bits per heavy atom. The molecule has 3 saturated heterocycles. The minimum absolute atomic E-state index is 1.86. The van der Waals surface area contributed by atoms with Gasteiger partial charge in [-0.05, 0) is 6.37 Å². The Kier molecular flexibility index (Phi) is 0.164. The summed E-state index contributed by atoms with van der Waals surface area (Å²) in [6, 6.07) is -4.68. The van der Waals surface area contributed by atoms with Crippen LogP contribution in [0.15, 0.2) is 0 Å². The summed E-state index contributed by atoms with van der Waals surface area (Å²) in [6.45, 7) is -5.16. The van der Waals surface area contributed by atoms with Crippen LogP contribution in [0.5, 0.6) is 0 Å². The van der Waals surface area contributed by atoms with E-state index in [1.54, 1.807) is 0 Å². The van der Waals surface area contributed by atoms with Crippen molar-refractivity contribution in [1.29, 1.82) is 0 Å². The maximum absolute atomic E-state index is 7.59. The summed E-state index contributed by atoms with van der Waals surface area (Å²) in [6.07, 6.45) is -2.61. The van der Waals surface area contributed by atoms with Crippen LogP contribution < -0.4 is 10.6 Å². The van der Waals surface area contributed by atoms with Crippen molar-refractivity contribution in [2.24, 2.45) is 0 Å². The Balaban J connectivity index is 2.56. The molecule has 2 unspecified atom stereocenters. The predicted molar refractivity (Wildman–Crippen MR) is 28.2 cm³/mol. The van der Waals surface area contributed by atoms with E-state index in [9.17, 15) is 0 Å². The van der Waals surface area contributed by atoms with Crippen molar-refractivity contribution in [3.8, 4) is 0 Å². The highest BCUT2D eigenvalue weighted by molar-refractivity contribution is 4.95. The monoisotopic (exact) mass is 106 g/mol. The van der Waals surface area contributed by atoms with Gasteiger partial charge in [0.15, 0.2) is 0 Å². The van der Waals surface area contributed by atoms with Gasteiger partial charge in [0.2, 0.25) is 0 Å². The third-order valence-corrected chi connectivity index (χ3v) is 0.875. The van der Waals surface area contributed by atoms with Crippen molar-refractivity contribution in [2.75, 3.05) is 13.0 Å². The zero-order chi connectivity index (χ0) is 11.9. The number of hydrogen-bond acceptors (Lipinski definition) is 2. The molecule has 0 radical (unpaired) electrons. The van der Waals surface area contributed by atoms with Gasteiger partial charge in [-0.2, -0.15) is 0 Å². The van der Waals surface area contributed by atoms with Crippen molar-refractivity contribution in [3.63, 3.8) is 0 Å². The van der Waals surface area contributed by atoms with E-state index in [4.69, 9.17) is 11.0 Å². The van der Waals surface area contributed by atoms with Gasteiger partial charge in [-0.1, -0.05) is 0 Å². The van der Waals surface area contributed by atoms with Crippen LogP contribution in [-0.4, -0.2) is 25.0 Å². The second-order valence-corrected chi connectivity index (χ2v) is 1.38. The van der Waals surface area contributed by atoms with E-state index in [2.05, 4.69) is 0 Å². The molecule has 0 amide bonds. The Morgan fingerprint density at radius 2 is 2.29 bits per heavy atom. The smallest absolute Gasteiger partial charge is 0.0479 e. The number of piperazine rings is 1. The minimum atomic E-state index is -2.61. The largest absolute Gasteiger partial charge is 0.314 e. The Hall–Kier alpha value is -0.0800. The van der Waals surface area contributed by atoms with E-state index in [1.807, 2.05) is 10.6 Å². The fraction of sp³-hybridized carbons (Fsp3) is 1.00. The zero-order valence-electron chi connectivity index (χ0n) is 11.5. The second-order valence-electron chi connectivity index (χ2n) is 1.38. The molecule has 40 valence electrons. The summed E-state index contributed by atoms with van der Waals surface area (Å²) in [5.41, 5.74) is 0. The highest BCUT2D eigenvalue weighted by atomic mass is 15.1. The molecule has 0 aromatic rings. The molecule has 3 aliphatic rings. The van der Waals surface area contributed by atoms with E-state index in [1.165, 1.54) is 0 Å². The molecule has 2 atom stereocenters. The summed E-state index contributed by atoms with van der Waals surface area (Å²) in [5.74, 6) is 0. The van der Waals surface area contributed by atoms with E-state index in [-0.39, 0.29) is 0 Å². The lowest BCUT2D eigenvalue weighted by Crippen LogP contribution is -2.65. The van der Waals surface area contributed by atoms with Crippen LogP contribution in [0.25, 0.3) is 0 Å². The first kappa shape index (κ1) is 0.957. The van der Waals surface area contributed by atoms with E-state index in [0.29, 0.717) is 0 Å². The normalized spacial score (nSPS) is 107. The second kappa shape index (κ2) is 1.20. The maximum Gasteiger partial charge on any atom is 0.0479 e. The molecule has 0 saturated carbocycles. The molecule has 0 spiro atoms. The standard InChI is InChI=1S/C5H10N2/c1-4-2-6-3-5(1)7-4/h4-7H,1-3H2/i1D2,2D2,3D2,4D,5D. The molecule has 3 fully saturated rings. The van der Waals surface area contributed by atoms with Crippen LogP contribution >= 0.6 is 0 Å². The Bertz CT molecular complexity index is 301. The highest BCUT2D eigenvalue weighted by Gasteiger charge is 2.31. The number of nitrogens with one attached hydrogen (secondary N) is 2. The molecule has 2 bridgehead atoms. The van der Waals surface area contributed by atoms with Crippen LogP contribution in [0, 0.1) is 0 Å². The lowest BCUT2D eigenvalue weighted by Gasteiger charge is -2.42. The predicted octanol–water partition coefficient (Wildman–Crippen LogP) is -0.680. The third-order valence-electron chi connectivity index (χ3n) is 0.875. The van der Waals surface area contributed by atoms with E-state index < -0.39 is 31.4 Å². The van der Waals surface area contributed by atoms with Gasteiger partial charge in [0, 0.05) is 36.0 Å². The van der Waals surface area contributed by atoms with Gasteiger partial charge in [0.1, 0.15) is 0 Å². The molecule has 0 aromatic heterocycles. The van der Waals surface area contributed by atoms with Crippen molar-refractivity contribution in [2.45, 2.75) is 18.4 Å². The zero-order valence-corrected chi connectivity index (χ0v) is 3.50. The number of rotatable bonds is 0. The van der Waals surface area contributed by atoms with Gasteiger partial charge in [-0.15, -0.1) is 0 Å². The molecule has 3 rings (SSSR count). The van der Waals surface area contributed by atoms with Crippen molar-refractivity contribution < 1.29 is 11.0 Å². The molecule has 2 N–H and O–H groups in total. The summed E-state index contributed by atoms with van der Waals surface area (Å²) in [7, 11) is 0. The minimum Gasteiger partial charge on any atom is -0.314 e. The first-order valence-corrected chi connectivity index (χ1v) is 2.00. The average Bonchev–Trinajstić information content (AvgIpc) is 1.99. The van der Waals surface area contributed by atoms with Crippen molar-refractivity contribution in [3.05, 3.63) is 0 Å². The van der Waals surface area contributed by atoms with Gasteiger partial charge in [-0.3, -0.25) is 0 Å². The lowest BCUT2D eigenvalue weighted by atomic mass is 9.93. The molecular weight excluding hydrogens is 88.1 g/mol. The lowest BCUT2D eigenvalue weighted by molar-refractivity contribution is 0.201. The van der Waals surface area contributed by atoms with Gasteiger partial charge in [-0.25, -0.2) is 0 Å². The molecule has 0 aliphatic carbocycles. The summed E-state index contributed by atoms with van der Waals surface area (Å²) in [4.78, 5) is 0. The molecular formula is C5H10N2. The summed E-state index contributed by atoms with van der Waals surface area (Å²) in [5, 5.41) is 3.91. The SMILES string of the molecule is [2H]C1([2H])NC([2H])([2H])C2([2H])NC1([2H])C2([2H])[2H].